The number of hydrogen-bond donors (Lipinski definition) is 0. The molecule has 0 aliphatic rings. The Morgan fingerprint density at radius 3 is 2.05 bits per heavy atom. The van der Waals surface area contributed by atoms with Crippen LogP contribution in [0.3, 0.4) is 0 Å². The van der Waals surface area contributed by atoms with E-state index in [0.717, 1.165) is 19.3 Å². The Balaban J connectivity index is 0. The van der Waals surface area contributed by atoms with Crippen LogP contribution >= 0.6 is 0 Å². The van der Waals surface area contributed by atoms with Crippen molar-refractivity contribution in [3.63, 3.8) is 0 Å². The van der Waals surface area contributed by atoms with Crippen molar-refractivity contribution in [2.45, 2.75) is 58.3 Å². The topological polar surface area (TPSA) is 77.5 Å². The fraction of sp³-hybridized carbons (Fsp3) is 0.923. The van der Waals surface area contributed by atoms with Gasteiger partial charge < -0.3 is 9.45 Å². The molecule has 0 unspecified atom stereocenters. The van der Waals surface area contributed by atoms with Crippen molar-refractivity contribution < 1.29 is 47.3 Å². The molecular formula is C13H26NNaO4S. The molecule has 0 bridgehead atoms. The van der Waals surface area contributed by atoms with Gasteiger partial charge in [0.2, 0.25) is 5.91 Å². The number of nitrogens with zero attached hydrogens (tertiary/aromatic N) is 1. The summed E-state index contributed by atoms with van der Waals surface area (Å²) in [6, 6.07) is 0. The molecule has 0 saturated heterocycles. The first-order valence-corrected chi connectivity index (χ1v) is 8.62. The predicted octanol–water partition coefficient (Wildman–Crippen LogP) is -0.865. The summed E-state index contributed by atoms with van der Waals surface area (Å²) in [5, 5.41) is 0. The van der Waals surface area contributed by atoms with E-state index >= 15 is 0 Å². The summed E-state index contributed by atoms with van der Waals surface area (Å²) in [7, 11) is -2.70. The van der Waals surface area contributed by atoms with Gasteiger partial charge in [-0.1, -0.05) is 45.4 Å². The second kappa shape index (κ2) is 13.1. The maximum absolute atomic E-state index is 11.6. The van der Waals surface area contributed by atoms with Crippen LogP contribution < -0.4 is 29.6 Å². The molecule has 20 heavy (non-hydrogen) atoms. The first-order valence-electron chi connectivity index (χ1n) is 7.04. The van der Waals surface area contributed by atoms with Crippen LogP contribution in [0.15, 0.2) is 0 Å². The zero-order chi connectivity index (χ0) is 14.7. The molecule has 114 valence electrons. The van der Waals surface area contributed by atoms with Crippen molar-refractivity contribution in [3.8, 4) is 0 Å². The summed E-state index contributed by atoms with van der Waals surface area (Å²) in [5.41, 5.74) is 0. The molecule has 0 aliphatic carbocycles. The minimum absolute atomic E-state index is 0. The van der Waals surface area contributed by atoms with Crippen LogP contribution in [0.4, 0.5) is 0 Å². The average molecular weight is 315 g/mol. The Labute approximate surface area is 145 Å². The molecule has 0 rings (SSSR count). The van der Waals surface area contributed by atoms with Crippen molar-refractivity contribution in [1.82, 2.24) is 4.90 Å². The molecule has 0 radical (unpaired) electrons. The summed E-state index contributed by atoms with van der Waals surface area (Å²) in [4.78, 5) is 13.0. The van der Waals surface area contributed by atoms with Gasteiger partial charge in [-0.2, -0.15) is 0 Å². The number of amides is 1. The van der Waals surface area contributed by atoms with E-state index in [0.29, 0.717) is 6.42 Å². The van der Waals surface area contributed by atoms with Gasteiger partial charge in [-0.25, -0.2) is 8.42 Å². The van der Waals surface area contributed by atoms with Crippen molar-refractivity contribution in [1.29, 1.82) is 0 Å². The Morgan fingerprint density at radius 2 is 1.55 bits per heavy atom. The van der Waals surface area contributed by atoms with E-state index in [2.05, 4.69) is 6.92 Å². The van der Waals surface area contributed by atoms with E-state index in [1.54, 1.807) is 0 Å². The Hall–Kier alpha value is 0.380. The van der Waals surface area contributed by atoms with E-state index in [4.69, 9.17) is 0 Å². The number of rotatable bonds is 11. The van der Waals surface area contributed by atoms with E-state index in [9.17, 15) is 17.8 Å². The summed E-state index contributed by atoms with van der Waals surface area (Å²) in [6.07, 6.45) is 8.41. The van der Waals surface area contributed by atoms with Gasteiger partial charge in [-0.15, -0.1) is 0 Å². The molecule has 0 spiro atoms. The monoisotopic (exact) mass is 315 g/mol. The maximum Gasteiger partial charge on any atom is 1.00 e. The van der Waals surface area contributed by atoms with Crippen LogP contribution in [0.2, 0.25) is 0 Å². The molecule has 0 heterocycles. The third-order valence-electron chi connectivity index (χ3n) is 3.10. The molecule has 1 amide bonds. The third-order valence-corrected chi connectivity index (χ3v) is 3.78. The number of carbonyl (C=O) groups excluding carboxylic acids is 1. The molecule has 0 aromatic carbocycles. The SMILES string of the molecule is CCCCCCCCCC(=O)N(C)CCS(=O)(=O)[O-].[Na+]. The van der Waals surface area contributed by atoms with Gasteiger partial charge in [0.15, 0.2) is 0 Å². The van der Waals surface area contributed by atoms with Crippen molar-refractivity contribution in [2.24, 2.45) is 0 Å². The van der Waals surface area contributed by atoms with E-state index in [-0.39, 0.29) is 42.0 Å². The summed E-state index contributed by atoms with van der Waals surface area (Å²) < 4.78 is 31.4. The van der Waals surface area contributed by atoms with Crippen LogP contribution in [0, 0.1) is 0 Å². The van der Waals surface area contributed by atoms with Crippen LogP contribution in [0.1, 0.15) is 58.3 Å². The van der Waals surface area contributed by atoms with Gasteiger partial charge in [0.05, 0.1) is 15.9 Å². The van der Waals surface area contributed by atoms with Crippen molar-refractivity contribution in [3.05, 3.63) is 0 Å². The van der Waals surface area contributed by atoms with Crippen LogP contribution in [0.5, 0.6) is 0 Å². The van der Waals surface area contributed by atoms with Crippen molar-refractivity contribution >= 4 is 16.0 Å². The quantitative estimate of drug-likeness (QED) is 0.282. The zero-order valence-corrected chi connectivity index (χ0v) is 15.9. The largest absolute Gasteiger partial charge is 1.00 e. The number of hydrogen-bond acceptors (Lipinski definition) is 4. The molecule has 5 nitrogen and oxygen atoms in total. The van der Waals surface area contributed by atoms with Gasteiger partial charge in [-0.3, -0.25) is 4.79 Å². The van der Waals surface area contributed by atoms with E-state index in [1.165, 1.54) is 37.6 Å². The van der Waals surface area contributed by atoms with E-state index in [1.807, 2.05) is 0 Å². The summed E-state index contributed by atoms with van der Waals surface area (Å²) in [5.74, 6) is -0.594. The first-order chi connectivity index (χ1) is 8.87. The first kappa shape index (κ1) is 22.7. The normalized spacial score (nSPS) is 10.9. The molecular weight excluding hydrogens is 289 g/mol. The Morgan fingerprint density at radius 1 is 1.05 bits per heavy atom. The third kappa shape index (κ3) is 14.8. The molecule has 7 heteroatoms. The van der Waals surface area contributed by atoms with Gasteiger partial charge in [-0.05, 0) is 6.42 Å². The molecule has 0 saturated carbocycles. The number of carbonyl (C=O) groups is 1. The molecule has 0 aromatic rings. The second-order valence-electron chi connectivity index (χ2n) is 4.95. The Bertz CT molecular complexity index is 346. The second-order valence-corrected chi connectivity index (χ2v) is 6.47. The molecule has 0 aliphatic heterocycles. The smallest absolute Gasteiger partial charge is 0.748 e. The Kier molecular flexibility index (Phi) is 14.8. The fourth-order valence-electron chi connectivity index (χ4n) is 1.80. The molecule has 0 aromatic heterocycles. The van der Waals surface area contributed by atoms with Crippen molar-refractivity contribution in [2.75, 3.05) is 19.3 Å². The van der Waals surface area contributed by atoms with Gasteiger partial charge in [0, 0.05) is 20.0 Å². The fourth-order valence-corrected chi connectivity index (χ4v) is 2.30. The van der Waals surface area contributed by atoms with Gasteiger partial charge in [0.25, 0.3) is 0 Å². The maximum atomic E-state index is 11.6. The van der Waals surface area contributed by atoms with Crippen LogP contribution in [0.25, 0.3) is 0 Å². The molecule has 0 fully saturated rings. The molecule has 0 atom stereocenters. The van der Waals surface area contributed by atoms with E-state index < -0.39 is 15.9 Å². The average Bonchev–Trinajstić information content (AvgIpc) is 2.33. The minimum atomic E-state index is -4.23. The van der Waals surface area contributed by atoms with Crippen LogP contribution in [-0.2, 0) is 14.9 Å². The van der Waals surface area contributed by atoms with Crippen LogP contribution in [-0.4, -0.2) is 43.1 Å². The van der Waals surface area contributed by atoms with Gasteiger partial charge >= 0.3 is 29.6 Å². The predicted molar refractivity (Wildman–Crippen MR) is 74.8 cm³/mol. The number of unbranched alkanes of at least 4 members (excludes halogenated alkanes) is 6. The zero-order valence-electron chi connectivity index (χ0n) is 13.1. The molecule has 0 N–H and O–H groups in total. The standard InChI is InChI=1S/C13H27NO4S.Na/c1-3-4-5-6-7-8-9-10-13(15)14(2)11-12-19(16,17)18;/h3-12H2,1-2H3,(H,16,17,18);/q;+1/p-1. The summed E-state index contributed by atoms with van der Waals surface area (Å²) in [6.45, 7) is 2.16. The summed E-state index contributed by atoms with van der Waals surface area (Å²) >= 11 is 0. The van der Waals surface area contributed by atoms with Gasteiger partial charge in [0.1, 0.15) is 0 Å². The minimum Gasteiger partial charge on any atom is -0.748 e.